The first kappa shape index (κ1) is 19.8. The van der Waals surface area contributed by atoms with E-state index in [2.05, 4.69) is 19.7 Å². The van der Waals surface area contributed by atoms with Crippen LogP contribution >= 0.6 is 11.6 Å². The number of nitrogens with one attached hydrogen (secondary N) is 2. The number of hydrogen-bond acceptors (Lipinski definition) is 6. The topological polar surface area (TPSA) is 131 Å². The number of aromatic amines is 1. The first-order valence-electron chi connectivity index (χ1n) is 8.46. The average molecular weight is 446 g/mol. The van der Waals surface area contributed by atoms with Crippen molar-refractivity contribution in [3.63, 3.8) is 0 Å². The third-order valence-electron chi connectivity index (χ3n) is 4.32. The normalized spacial score (nSPS) is 11.5. The van der Waals surface area contributed by atoms with Crippen molar-refractivity contribution < 1.29 is 17.6 Å². The van der Waals surface area contributed by atoms with Gasteiger partial charge < -0.3 is 10.7 Å². The lowest BCUT2D eigenvalue weighted by Crippen LogP contribution is -2.13. The van der Waals surface area contributed by atoms with Gasteiger partial charge in [0.1, 0.15) is 23.6 Å². The Hall–Kier alpha value is -3.50. The van der Waals surface area contributed by atoms with Crippen LogP contribution in [0.1, 0.15) is 15.9 Å². The van der Waals surface area contributed by atoms with Crippen molar-refractivity contribution in [3.8, 4) is 0 Å². The number of fused-ring (bicyclic) bond motifs is 1. The molecule has 4 N–H and O–H groups in total. The van der Waals surface area contributed by atoms with Gasteiger partial charge in [0.15, 0.2) is 5.78 Å². The van der Waals surface area contributed by atoms with Gasteiger partial charge in [0.2, 0.25) is 0 Å². The van der Waals surface area contributed by atoms with Crippen molar-refractivity contribution in [2.24, 2.45) is 0 Å². The molecule has 0 atom stereocenters. The van der Waals surface area contributed by atoms with Gasteiger partial charge in [-0.1, -0.05) is 23.7 Å². The maximum absolute atomic E-state index is 13.3. The molecule has 11 heteroatoms. The van der Waals surface area contributed by atoms with Gasteiger partial charge in [-0.2, -0.15) is 0 Å². The zero-order valence-corrected chi connectivity index (χ0v) is 16.6. The predicted octanol–water partition coefficient (Wildman–Crippen LogP) is 3.36. The highest BCUT2D eigenvalue weighted by molar-refractivity contribution is 7.92. The zero-order valence-electron chi connectivity index (χ0n) is 15.1. The lowest BCUT2D eigenvalue weighted by Gasteiger charge is -2.10. The maximum atomic E-state index is 13.3. The molecule has 0 aliphatic rings. The van der Waals surface area contributed by atoms with E-state index < -0.39 is 21.6 Å². The number of benzene rings is 2. The molecule has 8 nitrogen and oxygen atoms in total. The molecule has 0 aliphatic heterocycles. The van der Waals surface area contributed by atoms with Crippen LogP contribution in [0.15, 0.2) is 59.9 Å². The van der Waals surface area contributed by atoms with E-state index in [0.29, 0.717) is 11.0 Å². The number of nitrogens with zero attached hydrogens (tertiary/aromatic N) is 2. The summed E-state index contributed by atoms with van der Waals surface area (Å²) < 4.78 is 40.8. The number of sulfonamides is 1. The highest BCUT2D eigenvalue weighted by Crippen LogP contribution is 2.26. The monoisotopic (exact) mass is 445 g/mol. The molecule has 0 fully saturated rings. The second-order valence-electron chi connectivity index (χ2n) is 6.28. The lowest BCUT2D eigenvalue weighted by molar-refractivity contribution is 0.104. The van der Waals surface area contributed by atoms with E-state index in [1.165, 1.54) is 36.8 Å². The van der Waals surface area contributed by atoms with Gasteiger partial charge in [-0.25, -0.2) is 22.8 Å². The van der Waals surface area contributed by atoms with Crippen molar-refractivity contribution >= 4 is 49.9 Å². The molecular formula is C19H13ClFN5O3S. The van der Waals surface area contributed by atoms with Crippen molar-refractivity contribution in [1.29, 1.82) is 0 Å². The van der Waals surface area contributed by atoms with Gasteiger partial charge in [-0.05, 0) is 30.3 Å². The van der Waals surface area contributed by atoms with Crippen molar-refractivity contribution in [1.82, 2.24) is 15.0 Å². The van der Waals surface area contributed by atoms with Gasteiger partial charge in [0.25, 0.3) is 10.0 Å². The Morgan fingerprint density at radius 1 is 1.17 bits per heavy atom. The second-order valence-corrected chi connectivity index (χ2v) is 8.37. The lowest BCUT2D eigenvalue weighted by atomic mass is 10.0. The number of carbonyl (C=O) groups is 1. The molecule has 2 aromatic carbocycles. The number of hydrogen-bond donors (Lipinski definition) is 3. The zero-order chi connectivity index (χ0) is 21.5. The van der Waals surface area contributed by atoms with Crippen LogP contribution in [0.3, 0.4) is 0 Å². The summed E-state index contributed by atoms with van der Waals surface area (Å²) in [5, 5.41) is 0.0652. The van der Waals surface area contributed by atoms with Crippen LogP contribution in [0.25, 0.3) is 11.0 Å². The number of carbonyl (C=O) groups excluding carboxylic acids is 1. The Bertz CT molecular complexity index is 1400. The fraction of sp³-hybridized carbons (Fsp3) is 0. The van der Waals surface area contributed by atoms with Gasteiger partial charge >= 0.3 is 0 Å². The average Bonchev–Trinajstić information content (AvgIpc) is 3.15. The van der Waals surface area contributed by atoms with Gasteiger partial charge in [-0.3, -0.25) is 9.52 Å². The Balaban J connectivity index is 1.67. The van der Waals surface area contributed by atoms with E-state index in [9.17, 15) is 17.6 Å². The molecule has 0 saturated carbocycles. The van der Waals surface area contributed by atoms with E-state index in [1.807, 2.05) is 0 Å². The summed E-state index contributed by atoms with van der Waals surface area (Å²) >= 11 is 5.67. The molecule has 0 bridgehead atoms. The van der Waals surface area contributed by atoms with E-state index in [0.717, 1.165) is 18.2 Å². The fourth-order valence-electron chi connectivity index (χ4n) is 2.90. The number of ketones is 1. The van der Waals surface area contributed by atoms with Crippen molar-refractivity contribution in [2.45, 2.75) is 4.90 Å². The minimum absolute atomic E-state index is 0.144. The Kier molecular flexibility index (Phi) is 4.88. The van der Waals surface area contributed by atoms with Crippen molar-refractivity contribution in [3.05, 3.63) is 77.0 Å². The highest BCUT2D eigenvalue weighted by atomic mass is 35.5. The summed E-state index contributed by atoms with van der Waals surface area (Å²) in [5.74, 6) is -0.978. The van der Waals surface area contributed by atoms with Gasteiger partial charge in [0, 0.05) is 17.4 Å². The van der Waals surface area contributed by atoms with Crippen LogP contribution in [0.2, 0.25) is 5.02 Å². The third kappa shape index (κ3) is 3.58. The third-order valence-corrected chi connectivity index (χ3v) is 5.99. The van der Waals surface area contributed by atoms with Gasteiger partial charge in [-0.15, -0.1) is 0 Å². The van der Waals surface area contributed by atoms with Crippen LogP contribution in [0, 0.1) is 5.82 Å². The minimum atomic E-state index is -4.05. The maximum Gasteiger partial charge on any atom is 0.261 e. The first-order chi connectivity index (χ1) is 14.3. The summed E-state index contributed by atoms with van der Waals surface area (Å²) in [4.78, 5) is 23.5. The molecule has 30 heavy (non-hydrogen) atoms. The summed E-state index contributed by atoms with van der Waals surface area (Å²) in [6, 6.07) is 8.97. The number of H-pyrrole nitrogens is 1. The summed E-state index contributed by atoms with van der Waals surface area (Å²) in [6.07, 6.45) is 2.74. The molecule has 152 valence electrons. The molecule has 2 aromatic heterocycles. The number of anilines is 2. The van der Waals surface area contributed by atoms with Crippen molar-refractivity contribution in [2.75, 3.05) is 10.5 Å². The number of nitrogens with two attached hydrogens (primary N) is 1. The summed E-state index contributed by atoms with van der Waals surface area (Å²) in [6.45, 7) is 0. The summed E-state index contributed by atoms with van der Waals surface area (Å²) in [5.41, 5.74) is 6.90. The molecule has 0 spiro atoms. The van der Waals surface area contributed by atoms with Crippen LogP contribution in [0.5, 0.6) is 0 Å². The SMILES string of the molecule is Nc1ncnc2[nH]cc(C(=O)c3cccc(NS(=O)(=O)c4ccc(F)c(Cl)c4)c3)c12. The number of nitrogen functional groups attached to an aromatic ring is 1. The Labute approximate surface area is 175 Å². The van der Waals surface area contributed by atoms with E-state index in [4.69, 9.17) is 17.3 Å². The standard InChI is InChI=1S/C19H13ClFN5O3S/c20-14-7-12(4-5-15(14)21)30(28,29)26-11-3-1-2-10(6-11)17(27)13-8-23-19-16(13)18(22)24-9-25-19/h1-9,26H,(H3,22,23,24,25). The molecule has 0 radical (unpaired) electrons. The molecule has 4 rings (SSSR count). The van der Waals surface area contributed by atoms with Crippen LogP contribution in [-0.4, -0.2) is 29.2 Å². The Morgan fingerprint density at radius 2 is 1.97 bits per heavy atom. The largest absolute Gasteiger partial charge is 0.383 e. The van der Waals surface area contributed by atoms with E-state index in [1.54, 1.807) is 0 Å². The molecule has 0 amide bonds. The highest BCUT2D eigenvalue weighted by Gasteiger charge is 2.20. The molecule has 2 heterocycles. The second kappa shape index (κ2) is 7.39. The smallest absolute Gasteiger partial charge is 0.261 e. The molecule has 0 aliphatic carbocycles. The number of aromatic nitrogens is 3. The number of rotatable bonds is 5. The fourth-order valence-corrected chi connectivity index (χ4v) is 4.22. The molecular weight excluding hydrogens is 433 g/mol. The number of halogens is 2. The van der Waals surface area contributed by atoms with Crippen LogP contribution < -0.4 is 10.5 Å². The molecule has 4 aromatic rings. The van der Waals surface area contributed by atoms with Crippen LogP contribution in [0.4, 0.5) is 15.9 Å². The minimum Gasteiger partial charge on any atom is -0.383 e. The van der Waals surface area contributed by atoms with Crippen LogP contribution in [-0.2, 0) is 10.0 Å². The first-order valence-corrected chi connectivity index (χ1v) is 10.3. The van der Waals surface area contributed by atoms with E-state index >= 15 is 0 Å². The predicted molar refractivity (Wildman–Crippen MR) is 110 cm³/mol. The molecule has 0 unspecified atom stereocenters. The Morgan fingerprint density at radius 3 is 2.73 bits per heavy atom. The summed E-state index contributed by atoms with van der Waals surface area (Å²) in [7, 11) is -4.05. The van der Waals surface area contributed by atoms with Gasteiger partial charge in [0.05, 0.1) is 20.9 Å². The van der Waals surface area contributed by atoms with E-state index in [-0.39, 0.29) is 32.6 Å². The molecule has 0 saturated heterocycles. The quantitative estimate of drug-likeness (QED) is 0.404.